The minimum atomic E-state index is 0.353. The first kappa shape index (κ1) is 25.7. The van der Waals surface area contributed by atoms with E-state index in [1.165, 1.54) is 40.7 Å². The first-order chi connectivity index (χ1) is 14.1. The second-order valence-electron chi connectivity index (χ2n) is 9.39. The smallest absolute Gasteiger partial charge is 0.00285 e. The summed E-state index contributed by atoms with van der Waals surface area (Å²) < 4.78 is 0. The standard InChI is InChI=1S/C30H42/c1-24(2)14-11-17-25(3)15-9-10-16-26(4)18-12-19-27(5)21-22-29-28(6)20-13-23-30(29,7)8/h9-12,14-22,29H,13,23H2,1-8H3/b10-9+,17-11+,18-12+,22-21+,25-15+,26-16+,27-19+/t29-/m0/s1. The summed E-state index contributed by atoms with van der Waals surface area (Å²) in [5.74, 6) is 0.540. The van der Waals surface area contributed by atoms with Gasteiger partial charge in [0, 0.05) is 5.92 Å². The molecule has 1 aliphatic carbocycles. The van der Waals surface area contributed by atoms with E-state index in [2.05, 4.69) is 134 Å². The van der Waals surface area contributed by atoms with Gasteiger partial charge >= 0.3 is 0 Å². The normalized spacial score (nSPS) is 21.3. The van der Waals surface area contributed by atoms with Crippen molar-refractivity contribution >= 4 is 0 Å². The largest absolute Gasteiger partial charge is 0.0850 e. The molecule has 162 valence electrons. The van der Waals surface area contributed by atoms with Gasteiger partial charge in [-0.3, -0.25) is 0 Å². The van der Waals surface area contributed by atoms with Crippen LogP contribution in [-0.2, 0) is 0 Å². The Hall–Kier alpha value is -2.34. The van der Waals surface area contributed by atoms with E-state index in [9.17, 15) is 0 Å². The Kier molecular flexibility index (Phi) is 11.2. The van der Waals surface area contributed by atoms with Gasteiger partial charge in [-0.2, -0.15) is 0 Å². The van der Waals surface area contributed by atoms with Crippen LogP contribution in [0.5, 0.6) is 0 Å². The molecule has 0 saturated heterocycles. The Morgan fingerprint density at radius 1 is 0.767 bits per heavy atom. The van der Waals surface area contributed by atoms with Crippen LogP contribution in [0.4, 0.5) is 0 Å². The zero-order chi connectivity index (χ0) is 22.6. The first-order valence-electron chi connectivity index (χ1n) is 11.1. The minimum Gasteiger partial charge on any atom is -0.0850 e. The van der Waals surface area contributed by atoms with E-state index in [1.54, 1.807) is 0 Å². The molecule has 0 nitrogen and oxygen atoms in total. The van der Waals surface area contributed by atoms with Gasteiger partial charge in [-0.1, -0.05) is 121 Å². The maximum atomic E-state index is 2.40. The predicted octanol–water partition coefficient (Wildman–Crippen LogP) is 9.40. The molecular formula is C30H42. The maximum absolute atomic E-state index is 2.40. The fourth-order valence-electron chi connectivity index (χ4n) is 3.56. The molecule has 1 aliphatic rings. The molecule has 0 aromatic heterocycles. The second-order valence-corrected chi connectivity index (χ2v) is 9.39. The van der Waals surface area contributed by atoms with Crippen molar-refractivity contribution in [3.8, 4) is 0 Å². The molecule has 0 unspecified atom stereocenters. The zero-order valence-electron chi connectivity index (χ0n) is 20.5. The predicted molar refractivity (Wildman–Crippen MR) is 138 cm³/mol. The Morgan fingerprint density at radius 3 is 1.80 bits per heavy atom. The van der Waals surface area contributed by atoms with E-state index in [1.807, 2.05) is 0 Å². The number of rotatable bonds is 8. The Bertz CT molecular complexity index is 819. The molecule has 0 heterocycles. The Labute approximate surface area is 186 Å². The van der Waals surface area contributed by atoms with E-state index >= 15 is 0 Å². The lowest BCUT2D eigenvalue weighted by molar-refractivity contribution is 0.255. The molecule has 0 amide bonds. The summed E-state index contributed by atoms with van der Waals surface area (Å²) >= 11 is 0. The molecule has 1 rings (SSSR count). The third kappa shape index (κ3) is 10.4. The van der Waals surface area contributed by atoms with Gasteiger partial charge in [-0.15, -0.1) is 0 Å². The molecular weight excluding hydrogens is 360 g/mol. The molecule has 0 aromatic carbocycles. The van der Waals surface area contributed by atoms with E-state index in [-0.39, 0.29) is 0 Å². The van der Waals surface area contributed by atoms with Gasteiger partial charge in [0.2, 0.25) is 0 Å². The molecule has 1 atom stereocenters. The summed E-state index contributed by atoms with van der Waals surface area (Å²) in [6.45, 7) is 17.7. The lowest BCUT2D eigenvalue weighted by Gasteiger charge is -2.36. The fraction of sp³-hybridized carbons (Fsp3) is 0.400. The van der Waals surface area contributed by atoms with Crippen molar-refractivity contribution < 1.29 is 0 Å². The van der Waals surface area contributed by atoms with Gasteiger partial charge in [-0.05, 0) is 59.8 Å². The SMILES string of the molecule is CC(C)=C/C=C/C(C)=C/C=C/C=C(C)/C=C/C=C(C)/C=C/[C@H]1C(C)=CCCC1(C)C. The van der Waals surface area contributed by atoms with Gasteiger partial charge < -0.3 is 0 Å². The second kappa shape index (κ2) is 13.1. The van der Waals surface area contributed by atoms with Crippen LogP contribution in [0.3, 0.4) is 0 Å². The highest BCUT2D eigenvalue weighted by Crippen LogP contribution is 2.41. The highest BCUT2D eigenvalue weighted by atomic mass is 14.3. The average molecular weight is 403 g/mol. The number of allylic oxidation sites excluding steroid dienone is 18. The van der Waals surface area contributed by atoms with Crippen LogP contribution in [0.1, 0.15) is 68.2 Å². The number of hydrogen-bond donors (Lipinski definition) is 0. The highest BCUT2D eigenvalue weighted by Gasteiger charge is 2.30. The molecule has 0 radical (unpaired) electrons. The molecule has 0 heteroatoms. The van der Waals surface area contributed by atoms with Crippen LogP contribution in [0.15, 0.2) is 107 Å². The summed E-state index contributed by atoms with van der Waals surface area (Å²) in [6, 6.07) is 0. The summed E-state index contributed by atoms with van der Waals surface area (Å²) in [6.07, 6.45) is 30.8. The van der Waals surface area contributed by atoms with Crippen molar-refractivity contribution in [1.82, 2.24) is 0 Å². The lowest BCUT2D eigenvalue weighted by atomic mass is 9.68. The van der Waals surface area contributed by atoms with E-state index < -0.39 is 0 Å². The van der Waals surface area contributed by atoms with Gasteiger partial charge in [0.1, 0.15) is 0 Å². The zero-order valence-corrected chi connectivity index (χ0v) is 20.5. The van der Waals surface area contributed by atoms with Crippen molar-refractivity contribution in [3.63, 3.8) is 0 Å². The Morgan fingerprint density at radius 2 is 1.27 bits per heavy atom. The first-order valence-corrected chi connectivity index (χ1v) is 11.1. The number of hydrogen-bond acceptors (Lipinski definition) is 0. The third-order valence-electron chi connectivity index (χ3n) is 5.48. The van der Waals surface area contributed by atoms with Gasteiger partial charge in [-0.25, -0.2) is 0 Å². The topological polar surface area (TPSA) is 0 Å². The fourth-order valence-corrected chi connectivity index (χ4v) is 3.56. The molecule has 30 heavy (non-hydrogen) atoms. The highest BCUT2D eigenvalue weighted by molar-refractivity contribution is 5.31. The van der Waals surface area contributed by atoms with Crippen LogP contribution in [0, 0.1) is 11.3 Å². The van der Waals surface area contributed by atoms with E-state index in [0.29, 0.717) is 11.3 Å². The molecule has 0 fully saturated rings. The van der Waals surface area contributed by atoms with Crippen molar-refractivity contribution in [2.45, 2.75) is 68.2 Å². The molecule has 0 spiro atoms. The Balaban J connectivity index is 2.63. The van der Waals surface area contributed by atoms with E-state index in [4.69, 9.17) is 0 Å². The van der Waals surface area contributed by atoms with Crippen LogP contribution in [0.2, 0.25) is 0 Å². The maximum Gasteiger partial charge on any atom is 0.00285 e. The van der Waals surface area contributed by atoms with Crippen LogP contribution in [0.25, 0.3) is 0 Å². The summed E-state index contributed by atoms with van der Waals surface area (Å²) in [5.41, 5.74) is 6.92. The molecule has 0 N–H and O–H groups in total. The minimum absolute atomic E-state index is 0.353. The van der Waals surface area contributed by atoms with Crippen LogP contribution < -0.4 is 0 Å². The summed E-state index contributed by atoms with van der Waals surface area (Å²) in [5, 5.41) is 0. The van der Waals surface area contributed by atoms with Crippen molar-refractivity contribution in [2.75, 3.05) is 0 Å². The monoisotopic (exact) mass is 402 g/mol. The summed E-state index contributed by atoms with van der Waals surface area (Å²) in [4.78, 5) is 0. The third-order valence-corrected chi connectivity index (χ3v) is 5.48. The lowest BCUT2D eigenvalue weighted by Crippen LogP contribution is -2.26. The molecule has 0 bridgehead atoms. The molecule has 0 aliphatic heterocycles. The van der Waals surface area contributed by atoms with Crippen molar-refractivity contribution in [2.24, 2.45) is 11.3 Å². The van der Waals surface area contributed by atoms with Crippen LogP contribution in [-0.4, -0.2) is 0 Å². The molecule has 0 saturated carbocycles. The van der Waals surface area contributed by atoms with Gasteiger partial charge in [0.05, 0.1) is 0 Å². The summed E-state index contributed by atoms with van der Waals surface area (Å²) in [7, 11) is 0. The van der Waals surface area contributed by atoms with E-state index in [0.717, 1.165) is 0 Å². The quantitative estimate of drug-likeness (QED) is 0.280. The van der Waals surface area contributed by atoms with Crippen molar-refractivity contribution in [1.29, 1.82) is 0 Å². The molecule has 0 aromatic rings. The van der Waals surface area contributed by atoms with Gasteiger partial charge in [0.25, 0.3) is 0 Å². The van der Waals surface area contributed by atoms with Crippen molar-refractivity contribution in [3.05, 3.63) is 107 Å². The van der Waals surface area contributed by atoms with Gasteiger partial charge in [0.15, 0.2) is 0 Å². The van der Waals surface area contributed by atoms with Crippen LogP contribution >= 0.6 is 0 Å². The average Bonchev–Trinajstić information content (AvgIpc) is 2.64.